The van der Waals surface area contributed by atoms with Crippen LogP contribution in [0.5, 0.6) is 0 Å². The van der Waals surface area contributed by atoms with Gasteiger partial charge in [-0.3, -0.25) is 14.4 Å². The van der Waals surface area contributed by atoms with Gasteiger partial charge in [-0.2, -0.15) is 4.39 Å². The quantitative estimate of drug-likeness (QED) is 0.220. The minimum absolute atomic E-state index is 0.0661. The third-order valence-electron chi connectivity index (χ3n) is 4.24. The highest BCUT2D eigenvalue weighted by molar-refractivity contribution is 5.93. The van der Waals surface area contributed by atoms with Crippen LogP contribution in [0.15, 0.2) is 18.3 Å². The number of ketones is 1. The van der Waals surface area contributed by atoms with E-state index in [1.807, 2.05) is 0 Å². The van der Waals surface area contributed by atoms with Crippen molar-refractivity contribution in [3.8, 4) is 0 Å². The molecule has 0 aliphatic heterocycles. The second-order valence-corrected chi connectivity index (χ2v) is 6.73. The first-order chi connectivity index (χ1) is 14.6. The molecule has 0 spiro atoms. The number of unbranched alkanes of at least 4 members (excludes halogenated alkanes) is 1. The van der Waals surface area contributed by atoms with Crippen molar-refractivity contribution in [3.63, 3.8) is 0 Å². The van der Waals surface area contributed by atoms with Crippen LogP contribution in [0.1, 0.15) is 49.4 Å². The second kappa shape index (κ2) is 12.9. The minimum atomic E-state index is -1.28. The summed E-state index contributed by atoms with van der Waals surface area (Å²) in [7, 11) is 0. The molecule has 2 atom stereocenters. The standard InChI is InChI=1S/C19H25FN4O7/c1-11(25)13(6-8-16(26)27)23-19(31)24-14(18(29)30)4-2-3-9-21-17(28)12-5-7-15(20)22-10-12/h5,7,10,13-14H,2-4,6,8-9H2,1H3,(H,21,28)(H,26,27)(H,29,30)(H2,23,24,31)/i20-1. The Hall–Kier alpha value is -3.57. The fraction of sp³-hybridized carbons (Fsp3) is 0.474. The van der Waals surface area contributed by atoms with Crippen LogP contribution >= 0.6 is 0 Å². The second-order valence-electron chi connectivity index (χ2n) is 6.73. The highest BCUT2D eigenvalue weighted by Crippen LogP contribution is 2.04. The molecule has 3 amide bonds. The van der Waals surface area contributed by atoms with E-state index in [9.17, 15) is 33.5 Å². The lowest BCUT2D eigenvalue weighted by Crippen LogP contribution is -2.50. The number of carboxylic acid groups (broad SMARTS) is 2. The maximum atomic E-state index is 12.7. The molecule has 0 aliphatic carbocycles. The van der Waals surface area contributed by atoms with Gasteiger partial charge in [-0.05, 0) is 44.7 Å². The van der Waals surface area contributed by atoms with Crippen molar-refractivity contribution < 1.29 is 38.6 Å². The molecule has 1 rings (SSSR count). The van der Waals surface area contributed by atoms with Crippen molar-refractivity contribution in [2.75, 3.05) is 6.54 Å². The fourth-order valence-corrected chi connectivity index (χ4v) is 2.55. The molecule has 31 heavy (non-hydrogen) atoms. The Morgan fingerprint density at radius 1 is 1.03 bits per heavy atom. The van der Waals surface area contributed by atoms with Crippen molar-refractivity contribution in [2.45, 2.75) is 51.1 Å². The number of halogens is 1. The predicted molar refractivity (Wildman–Crippen MR) is 105 cm³/mol. The van der Waals surface area contributed by atoms with Crippen LogP contribution < -0.4 is 16.0 Å². The molecular formula is C19H25FN4O7. The van der Waals surface area contributed by atoms with Crippen LogP contribution in [0.2, 0.25) is 0 Å². The lowest BCUT2D eigenvalue weighted by Gasteiger charge is -2.19. The first-order valence-corrected chi connectivity index (χ1v) is 9.52. The zero-order chi connectivity index (χ0) is 23.4. The van der Waals surface area contributed by atoms with Crippen LogP contribution in [0.3, 0.4) is 0 Å². The van der Waals surface area contributed by atoms with E-state index in [1.54, 1.807) is 0 Å². The normalized spacial score (nSPS) is 12.3. The van der Waals surface area contributed by atoms with Gasteiger partial charge < -0.3 is 26.2 Å². The molecule has 1 aromatic heterocycles. The van der Waals surface area contributed by atoms with E-state index in [0.29, 0.717) is 12.8 Å². The van der Waals surface area contributed by atoms with Gasteiger partial charge in [-0.1, -0.05) is 0 Å². The first kappa shape index (κ1) is 25.5. The highest BCUT2D eigenvalue weighted by Gasteiger charge is 2.23. The van der Waals surface area contributed by atoms with Crippen LogP contribution in [0.25, 0.3) is 0 Å². The minimum Gasteiger partial charge on any atom is -0.481 e. The summed E-state index contributed by atoms with van der Waals surface area (Å²) in [5, 5.41) is 25.1. The number of nitrogens with zero attached hydrogens (tertiary/aromatic N) is 1. The van der Waals surface area contributed by atoms with E-state index < -0.39 is 47.7 Å². The smallest absolute Gasteiger partial charge is 0.326 e. The van der Waals surface area contributed by atoms with Crippen molar-refractivity contribution in [1.29, 1.82) is 0 Å². The van der Waals surface area contributed by atoms with Gasteiger partial charge in [0.2, 0.25) is 5.95 Å². The van der Waals surface area contributed by atoms with Crippen molar-refractivity contribution in [2.24, 2.45) is 0 Å². The Labute approximate surface area is 177 Å². The van der Waals surface area contributed by atoms with E-state index in [1.165, 1.54) is 13.0 Å². The number of rotatable bonds is 13. The molecule has 1 aromatic rings. The first-order valence-electron chi connectivity index (χ1n) is 9.52. The number of hydrogen-bond donors (Lipinski definition) is 5. The molecule has 0 aliphatic rings. The number of amides is 3. The number of aliphatic carboxylic acids is 2. The Bertz CT molecular complexity index is 801. The number of carboxylic acids is 2. The summed E-state index contributed by atoms with van der Waals surface area (Å²) in [4.78, 5) is 60.7. The zero-order valence-electron chi connectivity index (χ0n) is 16.9. The van der Waals surface area contributed by atoms with E-state index in [4.69, 9.17) is 5.11 Å². The number of aromatic nitrogens is 1. The average Bonchev–Trinajstić information content (AvgIpc) is 2.69. The monoisotopic (exact) mass is 439 g/mol. The van der Waals surface area contributed by atoms with Gasteiger partial charge in [0.05, 0.1) is 11.6 Å². The predicted octanol–water partition coefficient (Wildman–Crippen LogP) is 0.696. The Morgan fingerprint density at radius 3 is 2.26 bits per heavy atom. The van der Waals surface area contributed by atoms with E-state index in [2.05, 4.69) is 20.9 Å². The van der Waals surface area contributed by atoms with Crippen LogP contribution in [-0.2, 0) is 14.4 Å². The zero-order valence-corrected chi connectivity index (χ0v) is 16.9. The van der Waals surface area contributed by atoms with Crippen LogP contribution in [0.4, 0.5) is 9.18 Å². The number of pyridine rings is 1. The topological polar surface area (TPSA) is 175 Å². The molecule has 12 heteroatoms. The van der Waals surface area contributed by atoms with Crippen molar-refractivity contribution >= 4 is 29.7 Å². The number of Topliss-reactive ketones (excluding diaryl/α,β-unsaturated/α-hetero) is 1. The average molecular weight is 439 g/mol. The van der Waals surface area contributed by atoms with Crippen molar-refractivity contribution in [1.82, 2.24) is 20.9 Å². The van der Waals surface area contributed by atoms with Crippen LogP contribution in [0, 0.1) is 5.95 Å². The number of nitrogens with one attached hydrogen (secondary N) is 3. The van der Waals surface area contributed by atoms with Gasteiger partial charge in [0.1, 0.15) is 6.04 Å². The third kappa shape index (κ3) is 10.1. The van der Waals surface area contributed by atoms with E-state index in [0.717, 1.165) is 12.3 Å². The van der Waals surface area contributed by atoms with Gasteiger partial charge in [-0.15, -0.1) is 0 Å². The SMILES string of the molecule is CC(=O)C(CCC(=O)O)NC(=O)NC(CCCCNC(=O)c1ccc([18F])nc1)C(=O)O. The number of urea groups is 1. The summed E-state index contributed by atoms with van der Waals surface area (Å²) in [6, 6.07) is -0.826. The van der Waals surface area contributed by atoms with E-state index >= 15 is 0 Å². The molecular weight excluding hydrogens is 414 g/mol. The van der Waals surface area contributed by atoms with Gasteiger partial charge in [0.25, 0.3) is 5.91 Å². The third-order valence-corrected chi connectivity index (χ3v) is 4.24. The Morgan fingerprint density at radius 2 is 1.71 bits per heavy atom. The summed E-state index contributed by atoms with van der Waals surface area (Å²) in [5.74, 6) is -4.00. The number of carbonyl (C=O) groups excluding carboxylic acids is 3. The van der Waals surface area contributed by atoms with Crippen molar-refractivity contribution in [3.05, 3.63) is 29.8 Å². The van der Waals surface area contributed by atoms with E-state index in [-0.39, 0.29) is 31.4 Å². The van der Waals surface area contributed by atoms with Gasteiger partial charge in [0.15, 0.2) is 5.78 Å². The molecule has 0 radical (unpaired) electrons. The maximum Gasteiger partial charge on any atom is 0.326 e. The molecule has 11 nitrogen and oxygen atoms in total. The summed E-state index contributed by atoms with van der Waals surface area (Å²) in [5.41, 5.74) is 0.186. The molecule has 0 bridgehead atoms. The summed E-state index contributed by atoms with van der Waals surface area (Å²) >= 11 is 0. The molecule has 0 saturated carbocycles. The van der Waals surface area contributed by atoms with Crippen LogP contribution in [-0.4, -0.2) is 63.5 Å². The number of hydrogen-bond acceptors (Lipinski definition) is 6. The molecule has 0 fully saturated rings. The Kier molecular flexibility index (Phi) is 10.6. The molecule has 5 N–H and O–H groups in total. The Balaban J connectivity index is 2.41. The molecule has 2 unspecified atom stereocenters. The maximum absolute atomic E-state index is 12.7. The largest absolute Gasteiger partial charge is 0.481 e. The lowest BCUT2D eigenvalue weighted by atomic mass is 10.1. The van der Waals surface area contributed by atoms with Gasteiger partial charge >= 0.3 is 18.0 Å². The molecule has 0 saturated heterocycles. The fourth-order valence-electron chi connectivity index (χ4n) is 2.55. The summed E-state index contributed by atoms with van der Waals surface area (Å²) < 4.78 is 12.7. The molecule has 1 heterocycles. The van der Waals surface area contributed by atoms with Gasteiger partial charge in [-0.25, -0.2) is 14.6 Å². The molecule has 170 valence electrons. The highest BCUT2D eigenvalue weighted by atomic mass is 18.2. The number of carbonyl (C=O) groups is 5. The summed E-state index contributed by atoms with van der Waals surface area (Å²) in [6.45, 7) is 1.42. The lowest BCUT2D eigenvalue weighted by molar-refractivity contribution is -0.139. The van der Waals surface area contributed by atoms with Gasteiger partial charge in [0, 0.05) is 19.2 Å². The summed E-state index contributed by atoms with van der Waals surface area (Å²) in [6.07, 6.45) is 1.50. The molecule has 0 aromatic carbocycles.